The van der Waals surface area contributed by atoms with Crippen LogP contribution in [0.1, 0.15) is 15.9 Å². The number of non-ortho nitro benzene ring substituents is 1. The number of aromatic nitrogens is 1. The smallest absolute Gasteiger partial charge is 0.267 e. The van der Waals surface area contributed by atoms with Gasteiger partial charge in [0, 0.05) is 28.6 Å². The van der Waals surface area contributed by atoms with E-state index < -0.39 is 4.92 Å². The van der Waals surface area contributed by atoms with Crippen LogP contribution in [0.4, 0.5) is 11.4 Å². The van der Waals surface area contributed by atoms with E-state index in [1.54, 1.807) is 34.3 Å². The van der Waals surface area contributed by atoms with Crippen molar-refractivity contribution in [1.29, 1.82) is 0 Å². The third-order valence-corrected chi connectivity index (χ3v) is 5.89. The number of aryl methyl sites for hydroxylation is 1. The topological polar surface area (TPSA) is 68.4 Å². The number of nitro benzene ring substituents is 1. The first-order valence-corrected chi connectivity index (χ1v) is 10.7. The Bertz CT molecular complexity index is 1310. The van der Waals surface area contributed by atoms with E-state index in [1.165, 1.54) is 28.5 Å². The summed E-state index contributed by atoms with van der Waals surface area (Å²) < 4.78 is 2.09. The minimum absolute atomic E-state index is 0.0303. The van der Waals surface area contributed by atoms with E-state index in [1.807, 2.05) is 49.4 Å². The summed E-state index contributed by atoms with van der Waals surface area (Å²) in [6.45, 7) is 1.96. The van der Waals surface area contributed by atoms with Crippen LogP contribution in [-0.2, 0) is 0 Å². The number of carbonyl (C=O) groups is 1. The number of para-hydroxylation sites is 1. The molecule has 0 bridgehead atoms. The molecule has 0 N–H and O–H groups in total. The van der Waals surface area contributed by atoms with Gasteiger partial charge in [0.15, 0.2) is 3.95 Å². The molecule has 0 unspecified atom stereocenters. The number of rotatable bonds is 5. The van der Waals surface area contributed by atoms with E-state index in [-0.39, 0.29) is 11.6 Å². The Balaban J connectivity index is 1.91. The summed E-state index contributed by atoms with van der Waals surface area (Å²) in [5, 5.41) is 14.6. The van der Waals surface area contributed by atoms with Gasteiger partial charge in [0.1, 0.15) is 0 Å². The summed E-state index contributed by atoms with van der Waals surface area (Å²) in [5.41, 5.74) is 3.36. The molecule has 1 aromatic heterocycles. The predicted molar refractivity (Wildman–Crippen MR) is 125 cm³/mol. The molecular weight excluding hydrogens is 430 g/mol. The molecule has 154 valence electrons. The number of nitro groups is 1. The maximum atomic E-state index is 13.6. The van der Waals surface area contributed by atoms with Gasteiger partial charge in [-0.1, -0.05) is 48.0 Å². The van der Waals surface area contributed by atoms with Gasteiger partial charge in [0.25, 0.3) is 11.6 Å². The molecule has 0 aliphatic carbocycles. The minimum atomic E-state index is -0.443. The summed E-state index contributed by atoms with van der Waals surface area (Å²) in [7, 11) is 0. The standard InChI is InChI=1S/C23H17N3O3S2/c1-16-10-12-17(13-11-16)22(27)24(19-7-3-2-4-8-19)25-21(15-31-23(25)30)18-6-5-9-20(14-18)26(28)29/h2-15H,1H3. The number of benzene rings is 3. The van der Waals surface area contributed by atoms with Crippen molar-refractivity contribution in [3.63, 3.8) is 0 Å². The Morgan fingerprint density at radius 2 is 1.74 bits per heavy atom. The lowest BCUT2D eigenvalue weighted by Crippen LogP contribution is -2.36. The summed E-state index contributed by atoms with van der Waals surface area (Å²) in [6, 6.07) is 22.8. The zero-order chi connectivity index (χ0) is 22.0. The fourth-order valence-electron chi connectivity index (χ4n) is 3.17. The number of carbonyl (C=O) groups excluding carboxylic acids is 1. The normalized spacial score (nSPS) is 10.6. The first kappa shape index (κ1) is 20.6. The van der Waals surface area contributed by atoms with E-state index in [4.69, 9.17) is 12.2 Å². The SMILES string of the molecule is Cc1ccc(C(=O)N(c2ccccc2)n2c(-c3cccc([N+](=O)[O-])c3)csc2=S)cc1. The van der Waals surface area contributed by atoms with Gasteiger partial charge in [0.2, 0.25) is 0 Å². The van der Waals surface area contributed by atoms with Crippen molar-refractivity contribution in [1.82, 2.24) is 4.68 Å². The van der Waals surface area contributed by atoms with Gasteiger partial charge >= 0.3 is 0 Å². The monoisotopic (exact) mass is 447 g/mol. The lowest BCUT2D eigenvalue weighted by Gasteiger charge is -2.26. The van der Waals surface area contributed by atoms with Crippen LogP contribution < -0.4 is 5.01 Å². The highest BCUT2D eigenvalue weighted by Gasteiger charge is 2.24. The molecule has 31 heavy (non-hydrogen) atoms. The van der Waals surface area contributed by atoms with Crippen molar-refractivity contribution in [2.75, 3.05) is 5.01 Å². The van der Waals surface area contributed by atoms with Crippen molar-refractivity contribution in [3.8, 4) is 11.3 Å². The molecule has 8 heteroatoms. The lowest BCUT2D eigenvalue weighted by atomic mass is 10.1. The van der Waals surface area contributed by atoms with Crippen molar-refractivity contribution in [2.24, 2.45) is 0 Å². The number of anilines is 1. The van der Waals surface area contributed by atoms with Crippen LogP contribution in [0.5, 0.6) is 0 Å². The number of amides is 1. The molecule has 0 saturated heterocycles. The first-order valence-electron chi connectivity index (χ1n) is 9.37. The molecule has 0 atom stereocenters. The van der Waals surface area contributed by atoms with Gasteiger partial charge in [-0.2, -0.15) is 0 Å². The Labute approximate surface area is 187 Å². The van der Waals surface area contributed by atoms with Crippen molar-refractivity contribution in [3.05, 3.63) is 109 Å². The highest BCUT2D eigenvalue weighted by molar-refractivity contribution is 7.73. The van der Waals surface area contributed by atoms with Crippen LogP contribution in [0, 0.1) is 21.0 Å². The highest BCUT2D eigenvalue weighted by atomic mass is 32.1. The van der Waals surface area contributed by atoms with Gasteiger partial charge < -0.3 is 0 Å². The van der Waals surface area contributed by atoms with Gasteiger partial charge in [0.05, 0.1) is 16.3 Å². The molecule has 0 aliphatic rings. The summed E-state index contributed by atoms with van der Waals surface area (Å²) >= 11 is 6.87. The molecule has 1 amide bonds. The second kappa shape index (κ2) is 8.63. The average Bonchev–Trinajstić information content (AvgIpc) is 3.16. The molecular formula is C23H17N3O3S2. The van der Waals surface area contributed by atoms with Crippen LogP contribution in [0.2, 0.25) is 0 Å². The van der Waals surface area contributed by atoms with Crippen molar-refractivity contribution in [2.45, 2.75) is 6.92 Å². The van der Waals surface area contributed by atoms with E-state index in [2.05, 4.69) is 0 Å². The van der Waals surface area contributed by atoms with Crippen LogP contribution in [0.3, 0.4) is 0 Å². The summed E-state index contributed by atoms with van der Waals surface area (Å²) in [4.78, 5) is 24.4. The molecule has 6 nitrogen and oxygen atoms in total. The molecule has 1 heterocycles. The number of hydrogen-bond donors (Lipinski definition) is 0. The van der Waals surface area contributed by atoms with Gasteiger partial charge in [-0.15, -0.1) is 11.3 Å². The molecule has 4 rings (SSSR count). The van der Waals surface area contributed by atoms with Gasteiger partial charge in [-0.05, 0) is 43.4 Å². The number of thiazole rings is 1. The van der Waals surface area contributed by atoms with Gasteiger partial charge in [-0.3, -0.25) is 14.9 Å². The van der Waals surface area contributed by atoms with E-state index in [9.17, 15) is 14.9 Å². The Morgan fingerprint density at radius 3 is 2.42 bits per heavy atom. The quantitative estimate of drug-likeness (QED) is 0.205. The maximum absolute atomic E-state index is 13.6. The maximum Gasteiger partial charge on any atom is 0.277 e. The van der Waals surface area contributed by atoms with Crippen LogP contribution >= 0.6 is 23.6 Å². The minimum Gasteiger partial charge on any atom is -0.267 e. The Kier molecular flexibility index (Phi) is 5.75. The Hall–Kier alpha value is -3.62. The van der Waals surface area contributed by atoms with Gasteiger partial charge in [-0.25, -0.2) is 9.69 Å². The molecule has 0 fully saturated rings. The Morgan fingerprint density at radius 1 is 1.03 bits per heavy atom. The van der Waals surface area contributed by atoms with Crippen LogP contribution in [-0.4, -0.2) is 15.5 Å². The summed E-state index contributed by atoms with van der Waals surface area (Å²) in [6.07, 6.45) is 0. The molecule has 0 spiro atoms. The summed E-state index contributed by atoms with van der Waals surface area (Å²) in [5.74, 6) is -0.257. The van der Waals surface area contributed by atoms with Crippen molar-refractivity contribution < 1.29 is 9.72 Å². The molecule has 3 aromatic carbocycles. The zero-order valence-corrected chi connectivity index (χ0v) is 18.1. The third kappa shape index (κ3) is 4.16. The third-order valence-electron chi connectivity index (χ3n) is 4.72. The average molecular weight is 448 g/mol. The molecule has 4 aromatic rings. The fraction of sp³-hybridized carbons (Fsp3) is 0.0435. The zero-order valence-electron chi connectivity index (χ0n) is 16.5. The van der Waals surface area contributed by atoms with Crippen LogP contribution in [0.25, 0.3) is 11.3 Å². The van der Waals surface area contributed by atoms with Crippen molar-refractivity contribution >= 4 is 40.8 Å². The van der Waals surface area contributed by atoms with E-state index >= 15 is 0 Å². The van der Waals surface area contributed by atoms with Crippen LogP contribution in [0.15, 0.2) is 84.2 Å². The van der Waals surface area contributed by atoms with E-state index in [0.717, 1.165) is 5.56 Å². The lowest BCUT2D eigenvalue weighted by molar-refractivity contribution is -0.384. The second-order valence-corrected chi connectivity index (χ2v) is 8.33. The largest absolute Gasteiger partial charge is 0.277 e. The molecule has 0 saturated carbocycles. The molecule has 0 radical (unpaired) electrons. The molecule has 0 aliphatic heterocycles. The predicted octanol–water partition coefficient (Wildman–Crippen LogP) is 6.27. The van der Waals surface area contributed by atoms with E-state index in [0.29, 0.717) is 26.5 Å². The number of nitrogens with zero attached hydrogens (tertiary/aromatic N) is 3. The second-order valence-electron chi connectivity index (χ2n) is 6.82. The number of hydrogen-bond acceptors (Lipinski definition) is 5. The fourth-order valence-corrected chi connectivity index (χ4v) is 4.23. The first-order chi connectivity index (χ1) is 15.0. The highest BCUT2D eigenvalue weighted by Crippen LogP contribution is 2.30.